The van der Waals surface area contributed by atoms with E-state index in [0.29, 0.717) is 0 Å². The van der Waals surface area contributed by atoms with E-state index in [0.717, 1.165) is 35.3 Å². The molecule has 0 unspecified atom stereocenters. The summed E-state index contributed by atoms with van der Waals surface area (Å²) in [4.78, 5) is 2.38. The quantitative estimate of drug-likeness (QED) is 0.730. The first kappa shape index (κ1) is 18.1. The van der Waals surface area contributed by atoms with Gasteiger partial charge in [-0.3, -0.25) is 4.90 Å². The normalized spacial score (nSPS) is 11.9. The van der Waals surface area contributed by atoms with E-state index in [1.165, 1.54) is 16.9 Å². The van der Waals surface area contributed by atoms with E-state index in [1.54, 1.807) is 0 Å². The number of rotatable bonds is 7. The van der Waals surface area contributed by atoms with E-state index in [9.17, 15) is 0 Å². The summed E-state index contributed by atoms with van der Waals surface area (Å²) in [6.07, 6.45) is 1.11. The molecule has 0 amide bonds. The van der Waals surface area contributed by atoms with Crippen LogP contribution in [0.1, 0.15) is 39.7 Å². The van der Waals surface area contributed by atoms with Crippen LogP contribution in [0.5, 0.6) is 0 Å². The summed E-state index contributed by atoms with van der Waals surface area (Å²) in [5, 5.41) is 8.92. The highest BCUT2D eigenvalue weighted by molar-refractivity contribution is 7.73. The molecule has 0 atom stereocenters. The van der Waals surface area contributed by atoms with Gasteiger partial charge in [0.05, 0.1) is 6.67 Å². The third kappa shape index (κ3) is 6.05. The Labute approximate surface area is 148 Å². The summed E-state index contributed by atoms with van der Waals surface area (Å²) in [6, 6.07) is 10.5. The molecule has 6 heteroatoms. The number of aromatic nitrogens is 2. The van der Waals surface area contributed by atoms with Crippen LogP contribution in [0.15, 0.2) is 30.3 Å². The highest BCUT2D eigenvalue weighted by Crippen LogP contribution is 2.19. The predicted octanol–water partition coefficient (Wildman–Crippen LogP) is 4.75. The van der Waals surface area contributed by atoms with Gasteiger partial charge in [-0.2, -0.15) is 0 Å². The van der Waals surface area contributed by atoms with Gasteiger partial charge < -0.3 is 5.32 Å². The van der Waals surface area contributed by atoms with Gasteiger partial charge in [0.25, 0.3) is 0 Å². The first-order valence-electron chi connectivity index (χ1n) is 8.00. The third-order valence-corrected chi connectivity index (χ3v) is 4.43. The van der Waals surface area contributed by atoms with Crippen LogP contribution in [-0.4, -0.2) is 26.8 Å². The molecule has 1 aromatic carbocycles. The molecule has 0 aliphatic heterocycles. The summed E-state index contributed by atoms with van der Waals surface area (Å²) in [6.45, 7) is 11.2. The minimum Gasteiger partial charge on any atom is -0.356 e. The zero-order chi connectivity index (χ0) is 16.9. The van der Waals surface area contributed by atoms with E-state index in [-0.39, 0.29) is 5.54 Å². The van der Waals surface area contributed by atoms with Crippen molar-refractivity contribution in [3.8, 4) is 0 Å². The summed E-state index contributed by atoms with van der Waals surface area (Å²) < 4.78 is 2.73. The van der Waals surface area contributed by atoms with Crippen molar-refractivity contribution in [2.45, 2.75) is 52.9 Å². The average molecular weight is 351 g/mol. The number of hydrogen-bond donors (Lipinski definition) is 1. The van der Waals surface area contributed by atoms with E-state index < -0.39 is 0 Å². The van der Waals surface area contributed by atoms with Gasteiger partial charge in [0, 0.05) is 12.1 Å². The highest BCUT2D eigenvalue weighted by atomic mass is 32.1. The minimum atomic E-state index is -0.00932. The Balaban J connectivity index is 2.09. The SMILES string of the molecule is CCCN(Cc1ccccc1)Cn1nc(NC(C)(C)C)sc1=S. The first-order valence-corrected chi connectivity index (χ1v) is 9.22. The van der Waals surface area contributed by atoms with E-state index in [1.807, 2.05) is 4.68 Å². The molecule has 0 fully saturated rings. The molecule has 4 nitrogen and oxygen atoms in total. The molecule has 2 aromatic rings. The Morgan fingerprint density at radius 2 is 1.96 bits per heavy atom. The fourth-order valence-corrected chi connectivity index (χ4v) is 3.52. The number of hydrogen-bond acceptors (Lipinski definition) is 5. The molecule has 0 aliphatic rings. The van der Waals surface area contributed by atoms with Crippen molar-refractivity contribution in [3.63, 3.8) is 0 Å². The lowest BCUT2D eigenvalue weighted by Gasteiger charge is -2.22. The van der Waals surface area contributed by atoms with E-state index in [2.05, 4.69) is 73.3 Å². The van der Waals surface area contributed by atoms with Crippen LogP contribution in [0.2, 0.25) is 0 Å². The molecule has 1 heterocycles. The molecule has 1 aromatic heterocycles. The predicted molar refractivity (Wildman–Crippen MR) is 101 cm³/mol. The average Bonchev–Trinajstić information content (AvgIpc) is 2.77. The molecule has 126 valence electrons. The van der Waals surface area contributed by atoms with Crippen molar-refractivity contribution in [2.24, 2.45) is 0 Å². The fraction of sp³-hybridized carbons (Fsp3) is 0.529. The summed E-state index contributed by atoms with van der Waals surface area (Å²) in [5.41, 5.74) is 1.31. The minimum absolute atomic E-state index is 0.00932. The first-order chi connectivity index (χ1) is 10.9. The summed E-state index contributed by atoms with van der Waals surface area (Å²) >= 11 is 7.02. The zero-order valence-corrected chi connectivity index (χ0v) is 16.0. The van der Waals surface area contributed by atoms with Gasteiger partial charge in [-0.15, -0.1) is 5.10 Å². The Morgan fingerprint density at radius 3 is 2.57 bits per heavy atom. The van der Waals surface area contributed by atoms with Gasteiger partial charge in [0.1, 0.15) is 0 Å². The molecule has 0 radical (unpaired) electrons. The van der Waals surface area contributed by atoms with Crippen molar-refractivity contribution < 1.29 is 0 Å². The topological polar surface area (TPSA) is 33.1 Å². The maximum atomic E-state index is 5.48. The van der Waals surface area contributed by atoms with Crippen LogP contribution in [0.3, 0.4) is 0 Å². The summed E-state index contributed by atoms with van der Waals surface area (Å²) in [5.74, 6) is 0. The molecule has 0 saturated heterocycles. The molecular weight excluding hydrogens is 324 g/mol. The third-order valence-electron chi connectivity index (χ3n) is 3.21. The lowest BCUT2D eigenvalue weighted by molar-refractivity contribution is 0.198. The molecule has 23 heavy (non-hydrogen) atoms. The van der Waals surface area contributed by atoms with Gasteiger partial charge >= 0.3 is 0 Å². The lowest BCUT2D eigenvalue weighted by atomic mass is 10.1. The van der Waals surface area contributed by atoms with Crippen molar-refractivity contribution in [1.29, 1.82) is 0 Å². The van der Waals surface area contributed by atoms with E-state index >= 15 is 0 Å². The Hall–Kier alpha value is -1.24. The maximum Gasteiger partial charge on any atom is 0.205 e. The molecule has 0 spiro atoms. The monoisotopic (exact) mass is 350 g/mol. The molecule has 0 bridgehead atoms. The van der Waals surface area contributed by atoms with Crippen molar-refractivity contribution >= 4 is 28.7 Å². The van der Waals surface area contributed by atoms with E-state index in [4.69, 9.17) is 12.2 Å². The Kier molecular flexibility index (Phi) is 6.33. The largest absolute Gasteiger partial charge is 0.356 e. The molecular formula is C17H26N4S2. The van der Waals surface area contributed by atoms with Crippen molar-refractivity contribution in [1.82, 2.24) is 14.7 Å². The number of nitrogens with zero attached hydrogens (tertiary/aromatic N) is 3. The highest BCUT2D eigenvalue weighted by Gasteiger charge is 2.14. The molecule has 0 saturated carbocycles. The van der Waals surface area contributed by atoms with Crippen molar-refractivity contribution in [3.05, 3.63) is 39.8 Å². The number of nitrogens with one attached hydrogen (secondary N) is 1. The zero-order valence-electron chi connectivity index (χ0n) is 14.4. The van der Waals surface area contributed by atoms with Gasteiger partial charge in [-0.05, 0) is 51.5 Å². The summed E-state index contributed by atoms with van der Waals surface area (Å²) in [7, 11) is 0. The molecule has 0 aliphatic carbocycles. The van der Waals surface area contributed by atoms with Gasteiger partial charge in [-0.25, -0.2) is 4.68 Å². The van der Waals surface area contributed by atoms with Crippen LogP contribution in [-0.2, 0) is 13.2 Å². The number of benzene rings is 1. The van der Waals surface area contributed by atoms with Crippen LogP contribution in [0.25, 0.3) is 0 Å². The van der Waals surface area contributed by atoms with Gasteiger partial charge in [0.2, 0.25) is 5.13 Å². The van der Waals surface area contributed by atoms with Gasteiger partial charge in [-0.1, -0.05) is 48.6 Å². The second kappa shape index (κ2) is 8.04. The van der Waals surface area contributed by atoms with Crippen LogP contribution >= 0.6 is 23.6 Å². The maximum absolute atomic E-state index is 5.48. The molecule has 2 rings (SSSR count). The second-order valence-electron chi connectivity index (χ2n) is 6.73. The lowest BCUT2D eigenvalue weighted by Crippen LogP contribution is -2.28. The second-order valence-corrected chi connectivity index (χ2v) is 8.35. The van der Waals surface area contributed by atoms with Gasteiger partial charge in [0.15, 0.2) is 3.95 Å². The number of anilines is 1. The molecule has 1 N–H and O–H groups in total. The smallest absolute Gasteiger partial charge is 0.205 e. The fourth-order valence-electron chi connectivity index (χ4n) is 2.31. The van der Waals surface area contributed by atoms with Crippen LogP contribution < -0.4 is 5.32 Å². The Morgan fingerprint density at radius 1 is 1.26 bits per heavy atom. The standard InChI is InChI=1S/C17H26N4S2/c1-5-11-20(12-14-9-7-6-8-10-14)13-21-16(22)23-15(19-21)18-17(2,3)4/h6-10H,5,11-13H2,1-4H3,(H,18,19). The van der Waals surface area contributed by atoms with Crippen molar-refractivity contribution in [2.75, 3.05) is 11.9 Å². The Bertz CT molecular complexity index is 655. The van der Waals surface area contributed by atoms with Crippen LogP contribution in [0.4, 0.5) is 5.13 Å². The van der Waals surface area contributed by atoms with Crippen LogP contribution in [0, 0.1) is 3.95 Å².